The molecule has 1 saturated heterocycles. The van der Waals surface area contributed by atoms with Crippen LogP contribution in [0.3, 0.4) is 0 Å². The number of sulfone groups is 1. The molecule has 0 atom stereocenters. The number of anilines is 1. The van der Waals surface area contributed by atoms with Crippen molar-refractivity contribution in [3.8, 4) is 0 Å². The van der Waals surface area contributed by atoms with Crippen LogP contribution in [-0.4, -0.2) is 51.0 Å². The summed E-state index contributed by atoms with van der Waals surface area (Å²) in [6, 6.07) is 5.06. The Bertz CT molecular complexity index is 826. The predicted molar refractivity (Wildman–Crippen MR) is 104 cm³/mol. The van der Waals surface area contributed by atoms with Gasteiger partial charge in [0.2, 0.25) is 11.8 Å². The summed E-state index contributed by atoms with van der Waals surface area (Å²) in [7, 11) is -3.25. The van der Waals surface area contributed by atoms with Gasteiger partial charge in [0, 0.05) is 43.9 Å². The lowest BCUT2D eigenvalue weighted by Gasteiger charge is -2.36. The van der Waals surface area contributed by atoms with Crippen molar-refractivity contribution in [3.63, 3.8) is 0 Å². The van der Waals surface area contributed by atoms with Gasteiger partial charge in [0.1, 0.15) is 0 Å². The highest BCUT2D eigenvalue weighted by molar-refractivity contribution is 7.90. The van der Waals surface area contributed by atoms with Crippen LogP contribution in [0, 0.1) is 5.92 Å². The van der Waals surface area contributed by atoms with Gasteiger partial charge in [-0.3, -0.25) is 9.59 Å². The predicted octanol–water partition coefficient (Wildman–Crippen LogP) is 2.41. The number of hydrogen-bond acceptors (Lipinski definition) is 4. The third-order valence-electron chi connectivity index (χ3n) is 5.52. The van der Waals surface area contributed by atoms with Crippen LogP contribution in [0.5, 0.6) is 0 Å². The summed E-state index contributed by atoms with van der Waals surface area (Å²) in [6.45, 7) is 3.95. The summed E-state index contributed by atoms with van der Waals surface area (Å²) in [5.74, 6) is 0.210. The number of fused-ring (bicyclic) bond motifs is 1. The van der Waals surface area contributed by atoms with Gasteiger partial charge in [-0.25, -0.2) is 8.42 Å². The Morgan fingerprint density at radius 2 is 1.85 bits per heavy atom. The fourth-order valence-corrected chi connectivity index (χ4v) is 4.67. The highest BCUT2D eigenvalue weighted by Gasteiger charge is 2.32. The number of benzene rings is 1. The van der Waals surface area contributed by atoms with Gasteiger partial charge in [0.15, 0.2) is 9.84 Å². The maximum absolute atomic E-state index is 13.1. The Hall–Kier alpha value is -1.89. The fraction of sp³-hybridized carbons (Fsp3) is 0.600. The molecule has 2 aliphatic heterocycles. The Balaban J connectivity index is 1.72. The lowest BCUT2D eigenvalue weighted by Crippen LogP contribution is -2.45. The van der Waals surface area contributed by atoms with E-state index in [4.69, 9.17) is 0 Å². The zero-order valence-electron chi connectivity index (χ0n) is 16.1. The van der Waals surface area contributed by atoms with E-state index in [0.29, 0.717) is 43.8 Å². The van der Waals surface area contributed by atoms with Gasteiger partial charge in [-0.1, -0.05) is 6.92 Å². The minimum absolute atomic E-state index is 0.0730. The molecular weight excluding hydrogens is 364 g/mol. The molecule has 0 aliphatic carbocycles. The minimum Gasteiger partial charge on any atom is -0.343 e. The first-order chi connectivity index (χ1) is 12.8. The highest BCUT2D eigenvalue weighted by Crippen LogP contribution is 2.32. The number of likely N-dealkylation sites (tertiary alicyclic amines) is 1. The number of rotatable bonds is 4. The van der Waals surface area contributed by atoms with E-state index in [1.54, 1.807) is 18.2 Å². The van der Waals surface area contributed by atoms with Crippen LogP contribution in [-0.2, 0) is 25.8 Å². The van der Waals surface area contributed by atoms with Crippen LogP contribution in [0.2, 0.25) is 0 Å². The number of carbonyl (C=O) groups excluding carboxylic acids is 2. The van der Waals surface area contributed by atoms with Crippen molar-refractivity contribution >= 4 is 27.3 Å². The van der Waals surface area contributed by atoms with Gasteiger partial charge in [-0.2, -0.15) is 0 Å². The molecule has 6 nitrogen and oxygen atoms in total. The van der Waals surface area contributed by atoms with Crippen molar-refractivity contribution < 1.29 is 18.0 Å². The number of piperidine rings is 1. The molecule has 2 heterocycles. The van der Waals surface area contributed by atoms with E-state index >= 15 is 0 Å². The molecule has 7 heteroatoms. The zero-order chi connectivity index (χ0) is 19.6. The lowest BCUT2D eigenvalue weighted by molar-refractivity contribution is -0.135. The van der Waals surface area contributed by atoms with Crippen molar-refractivity contribution in [1.29, 1.82) is 0 Å². The van der Waals surface area contributed by atoms with Gasteiger partial charge in [-0.15, -0.1) is 0 Å². The molecule has 0 aromatic heterocycles. The van der Waals surface area contributed by atoms with Gasteiger partial charge >= 0.3 is 0 Å². The normalized spacial score (nSPS) is 18.3. The van der Waals surface area contributed by atoms with Crippen molar-refractivity contribution in [2.45, 2.75) is 50.3 Å². The van der Waals surface area contributed by atoms with E-state index in [1.807, 2.05) is 16.7 Å². The van der Waals surface area contributed by atoms with E-state index in [1.165, 1.54) is 6.26 Å². The van der Waals surface area contributed by atoms with Gasteiger partial charge < -0.3 is 9.80 Å². The first kappa shape index (κ1) is 19.9. The Labute approximate surface area is 161 Å². The molecule has 0 spiro atoms. The molecule has 1 fully saturated rings. The molecule has 0 unspecified atom stereocenters. The van der Waals surface area contributed by atoms with Crippen molar-refractivity contribution in [2.24, 2.45) is 5.92 Å². The second kappa shape index (κ2) is 8.00. The van der Waals surface area contributed by atoms with E-state index in [2.05, 4.69) is 0 Å². The van der Waals surface area contributed by atoms with E-state index in [9.17, 15) is 18.0 Å². The number of nitrogens with zero attached hydrogens (tertiary/aromatic N) is 2. The van der Waals surface area contributed by atoms with Crippen molar-refractivity contribution in [3.05, 3.63) is 23.8 Å². The summed E-state index contributed by atoms with van der Waals surface area (Å²) in [5.41, 5.74) is 1.76. The summed E-state index contributed by atoms with van der Waals surface area (Å²) < 4.78 is 23.6. The van der Waals surface area contributed by atoms with Crippen molar-refractivity contribution in [1.82, 2.24) is 4.90 Å². The quantitative estimate of drug-likeness (QED) is 0.789. The second-order valence-electron chi connectivity index (χ2n) is 7.56. The van der Waals surface area contributed by atoms with Crippen LogP contribution >= 0.6 is 0 Å². The maximum atomic E-state index is 13.1. The lowest BCUT2D eigenvalue weighted by atomic mass is 9.93. The Morgan fingerprint density at radius 3 is 2.48 bits per heavy atom. The standard InChI is InChI=1S/C20H28N2O4S/c1-3-5-19(23)21-12-9-15(10-13-21)20(24)22-11-4-6-16-14-17(27(2,25)26)7-8-18(16)22/h7-8,14-15H,3-6,9-13H2,1-2H3. The molecule has 0 N–H and O–H groups in total. The largest absolute Gasteiger partial charge is 0.343 e. The van der Waals surface area contributed by atoms with E-state index in [-0.39, 0.29) is 17.7 Å². The number of aryl methyl sites for hydroxylation is 1. The number of hydrogen-bond donors (Lipinski definition) is 0. The average Bonchev–Trinajstić information content (AvgIpc) is 2.66. The van der Waals surface area contributed by atoms with Gasteiger partial charge in [-0.05, 0) is 55.9 Å². The number of amides is 2. The summed E-state index contributed by atoms with van der Waals surface area (Å²) in [4.78, 5) is 29.1. The van der Waals surface area contributed by atoms with Crippen LogP contribution in [0.1, 0.15) is 44.6 Å². The van der Waals surface area contributed by atoms with Crippen LogP contribution in [0.25, 0.3) is 0 Å². The van der Waals surface area contributed by atoms with Crippen LogP contribution in [0.4, 0.5) is 5.69 Å². The Kier molecular flexibility index (Phi) is 5.89. The summed E-state index contributed by atoms with van der Waals surface area (Å²) >= 11 is 0. The second-order valence-corrected chi connectivity index (χ2v) is 9.58. The molecule has 1 aromatic carbocycles. The van der Waals surface area contributed by atoms with Crippen LogP contribution < -0.4 is 4.90 Å². The summed E-state index contributed by atoms with van der Waals surface area (Å²) in [6.07, 6.45) is 5.63. The van der Waals surface area contributed by atoms with E-state index < -0.39 is 9.84 Å². The molecule has 2 aliphatic rings. The van der Waals surface area contributed by atoms with Gasteiger partial charge in [0.25, 0.3) is 0 Å². The average molecular weight is 393 g/mol. The third kappa shape index (κ3) is 4.34. The van der Waals surface area contributed by atoms with Gasteiger partial charge in [0.05, 0.1) is 4.90 Å². The molecule has 0 saturated carbocycles. The van der Waals surface area contributed by atoms with Crippen molar-refractivity contribution in [2.75, 3.05) is 30.8 Å². The smallest absolute Gasteiger partial charge is 0.230 e. The monoisotopic (exact) mass is 392 g/mol. The van der Waals surface area contributed by atoms with E-state index in [0.717, 1.165) is 30.5 Å². The minimum atomic E-state index is -3.25. The number of carbonyl (C=O) groups is 2. The molecule has 27 heavy (non-hydrogen) atoms. The maximum Gasteiger partial charge on any atom is 0.230 e. The SMILES string of the molecule is CCCC(=O)N1CCC(C(=O)N2CCCc3cc(S(C)(=O)=O)ccc32)CC1. The fourth-order valence-electron chi connectivity index (χ4n) is 4.00. The molecular formula is C20H28N2O4S. The molecule has 1 aromatic rings. The van der Waals surface area contributed by atoms with Crippen LogP contribution in [0.15, 0.2) is 23.1 Å². The highest BCUT2D eigenvalue weighted by atomic mass is 32.2. The topological polar surface area (TPSA) is 74.8 Å². The first-order valence-electron chi connectivity index (χ1n) is 9.73. The zero-order valence-corrected chi connectivity index (χ0v) is 16.9. The molecule has 0 radical (unpaired) electrons. The Morgan fingerprint density at radius 1 is 1.15 bits per heavy atom. The molecule has 0 bridgehead atoms. The molecule has 3 rings (SSSR count). The third-order valence-corrected chi connectivity index (χ3v) is 6.63. The molecule has 2 amide bonds. The first-order valence-corrected chi connectivity index (χ1v) is 11.6. The summed E-state index contributed by atoms with van der Waals surface area (Å²) in [5, 5.41) is 0. The molecule has 148 valence electrons.